The third-order valence-corrected chi connectivity index (χ3v) is 10.8. The maximum Gasteiger partial charge on any atom is 0.414 e. The van der Waals surface area contributed by atoms with Crippen molar-refractivity contribution in [3.05, 3.63) is 101 Å². The van der Waals surface area contributed by atoms with Gasteiger partial charge in [-0.1, -0.05) is 0 Å². The number of halogens is 1. The number of ketones is 1. The molecular weight excluding hydrogens is 842 g/mol. The van der Waals surface area contributed by atoms with Gasteiger partial charge in [-0.15, -0.1) is 0 Å². The maximum absolute atomic E-state index is 13.2. The third kappa shape index (κ3) is 10.8. The number of furan rings is 2. The van der Waals surface area contributed by atoms with Crippen LogP contribution in [0.4, 0.5) is 20.7 Å². The van der Waals surface area contributed by atoms with Crippen molar-refractivity contribution >= 4 is 56.7 Å². The first-order valence-electron chi connectivity index (χ1n) is 21.4. The number of ether oxygens (including phenoxy) is 4. The molecule has 19 heteroatoms. The number of hydrogen-bond donors (Lipinski definition) is 0. The molecule has 18 nitrogen and oxygen atoms in total. The van der Waals surface area contributed by atoms with Crippen LogP contribution in [0.5, 0.6) is 0 Å². The molecule has 8 heterocycles. The quantitative estimate of drug-likeness (QED) is 0.0522. The molecule has 1 fully saturated rings. The maximum atomic E-state index is 13.2. The molecule has 0 N–H and O–H groups in total. The lowest BCUT2D eigenvalue weighted by atomic mass is 10.1. The van der Waals surface area contributed by atoms with Crippen molar-refractivity contribution in [1.82, 2.24) is 34.4 Å². The zero-order valence-corrected chi connectivity index (χ0v) is 36.9. The SMILES string of the molecule is CCOC(=O)N(CCCOC)c1c(C(=O)c2ccc(F)nc2)oc2ncccc12.COCCCN1CCN(c2ccc(-c3nc(=O)n(CCCOC)c4c3oc3ncccc34)cn2)CC1. The smallest absolute Gasteiger partial charge is 0.414 e. The molecule has 1 saturated heterocycles. The number of aromatic nitrogens is 6. The molecule has 1 aliphatic rings. The van der Waals surface area contributed by atoms with Gasteiger partial charge in [-0.25, -0.2) is 29.5 Å². The topological polar surface area (TPSA) is 194 Å². The molecule has 65 heavy (non-hydrogen) atoms. The van der Waals surface area contributed by atoms with Gasteiger partial charge in [0.2, 0.25) is 28.9 Å². The van der Waals surface area contributed by atoms with Crippen LogP contribution < -0.4 is 15.5 Å². The van der Waals surface area contributed by atoms with Crippen LogP contribution in [-0.2, 0) is 25.5 Å². The molecule has 7 aromatic rings. The predicted molar refractivity (Wildman–Crippen MR) is 241 cm³/mol. The van der Waals surface area contributed by atoms with Gasteiger partial charge in [0.05, 0.1) is 17.4 Å². The summed E-state index contributed by atoms with van der Waals surface area (Å²) in [6.07, 6.45) is 7.71. The molecule has 0 saturated carbocycles. The minimum Gasteiger partial charge on any atom is -0.449 e. The summed E-state index contributed by atoms with van der Waals surface area (Å²) < 4.78 is 47.2. The highest BCUT2D eigenvalue weighted by Gasteiger charge is 2.31. The molecule has 0 unspecified atom stereocenters. The Morgan fingerprint density at radius 1 is 0.785 bits per heavy atom. The molecule has 7 aromatic heterocycles. The van der Waals surface area contributed by atoms with E-state index in [1.54, 1.807) is 57.3 Å². The van der Waals surface area contributed by atoms with Crippen LogP contribution in [0.1, 0.15) is 42.3 Å². The highest BCUT2D eigenvalue weighted by atomic mass is 19.1. The predicted octanol–water partition coefficient (Wildman–Crippen LogP) is 6.39. The highest BCUT2D eigenvalue weighted by Crippen LogP contribution is 2.36. The van der Waals surface area contributed by atoms with Crippen LogP contribution in [0.25, 0.3) is 44.6 Å². The second kappa shape index (κ2) is 22.3. The first kappa shape index (κ1) is 46.3. The Bertz CT molecular complexity index is 2730. The molecule has 0 atom stereocenters. The summed E-state index contributed by atoms with van der Waals surface area (Å²) in [5, 5.41) is 1.27. The number of amides is 1. The Hall–Kier alpha value is -6.67. The second-order valence-corrected chi connectivity index (χ2v) is 15.0. The van der Waals surface area contributed by atoms with Crippen LogP contribution in [-0.4, -0.2) is 133 Å². The fourth-order valence-electron chi connectivity index (χ4n) is 7.61. The number of pyridine rings is 4. The lowest BCUT2D eigenvalue weighted by Crippen LogP contribution is -2.47. The number of fused-ring (bicyclic) bond motifs is 4. The minimum atomic E-state index is -0.708. The lowest BCUT2D eigenvalue weighted by molar-refractivity contribution is 0.101. The van der Waals surface area contributed by atoms with Gasteiger partial charge in [0, 0.05) is 123 Å². The summed E-state index contributed by atoms with van der Waals surface area (Å²) in [6, 6.07) is 13.5. The molecule has 0 aromatic carbocycles. The van der Waals surface area contributed by atoms with E-state index in [9.17, 15) is 18.8 Å². The van der Waals surface area contributed by atoms with E-state index in [0.717, 1.165) is 74.8 Å². The van der Waals surface area contributed by atoms with E-state index in [2.05, 4.69) is 29.7 Å². The zero-order valence-electron chi connectivity index (χ0n) is 36.9. The van der Waals surface area contributed by atoms with Gasteiger partial charge >= 0.3 is 11.8 Å². The molecule has 0 spiro atoms. The van der Waals surface area contributed by atoms with E-state index in [0.29, 0.717) is 60.5 Å². The van der Waals surface area contributed by atoms with Gasteiger partial charge in [-0.2, -0.15) is 9.37 Å². The van der Waals surface area contributed by atoms with Crippen molar-refractivity contribution in [2.24, 2.45) is 0 Å². The summed E-state index contributed by atoms with van der Waals surface area (Å²) in [4.78, 5) is 66.1. The molecule has 0 bridgehead atoms. The molecular formula is C46H52FN9O9. The number of carbonyl (C=O) groups is 2. The highest BCUT2D eigenvalue weighted by molar-refractivity contribution is 6.16. The number of piperazine rings is 1. The largest absolute Gasteiger partial charge is 0.449 e. The van der Waals surface area contributed by atoms with Crippen molar-refractivity contribution in [2.75, 3.05) is 96.8 Å². The summed E-state index contributed by atoms with van der Waals surface area (Å²) >= 11 is 0. The van der Waals surface area contributed by atoms with Gasteiger partial charge in [0.15, 0.2) is 5.58 Å². The normalized spacial score (nSPS) is 13.0. The fourth-order valence-corrected chi connectivity index (χ4v) is 7.61. The minimum absolute atomic E-state index is 0.0995. The van der Waals surface area contributed by atoms with E-state index < -0.39 is 17.8 Å². The molecule has 0 aliphatic carbocycles. The first-order valence-corrected chi connectivity index (χ1v) is 21.4. The van der Waals surface area contributed by atoms with Crippen molar-refractivity contribution in [2.45, 2.75) is 32.7 Å². The summed E-state index contributed by atoms with van der Waals surface area (Å²) in [5.74, 6) is -0.435. The van der Waals surface area contributed by atoms with Crippen LogP contribution in [0.15, 0.2) is 86.9 Å². The molecule has 8 rings (SSSR count). The van der Waals surface area contributed by atoms with Crippen LogP contribution in [0, 0.1) is 5.95 Å². The lowest BCUT2D eigenvalue weighted by Gasteiger charge is -2.35. The Labute approximate surface area is 373 Å². The van der Waals surface area contributed by atoms with Gasteiger partial charge in [-0.05, 0) is 74.7 Å². The number of rotatable bonds is 18. The third-order valence-electron chi connectivity index (χ3n) is 10.8. The molecule has 0 radical (unpaired) electrons. The van der Waals surface area contributed by atoms with Gasteiger partial charge in [-0.3, -0.25) is 19.2 Å². The Morgan fingerprint density at radius 3 is 2.14 bits per heavy atom. The van der Waals surface area contributed by atoms with Crippen molar-refractivity contribution < 1.29 is 41.8 Å². The summed E-state index contributed by atoms with van der Waals surface area (Å²) in [7, 11) is 4.95. The Morgan fingerprint density at radius 2 is 1.48 bits per heavy atom. The fraction of sp³-hybridized carbons (Fsp3) is 0.391. The molecule has 1 aliphatic heterocycles. The first-order chi connectivity index (χ1) is 31.8. The van der Waals surface area contributed by atoms with Gasteiger partial charge < -0.3 is 32.7 Å². The van der Waals surface area contributed by atoms with E-state index in [1.165, 1.54) is 17.2 Å². The van der Waals surface area contributed by atoms with E-state index in [-0.39, 0.29) is 41.6 Å². The van der Waals surface area contributed by atoms with Crippen LogP contribution >= 0.6 is 0 Å². The standard InChI is InChI=1S/C26H32N6O4.C20H20FN3O5/c1-34-16-4-10-30-12-14-31(15-13-30)21-8-7-19(18-28-21)22-24-23(20-6-3-9-27-25(20)36-24)32(26(33)29-22)11-5-17-35-2;1-3-28-20(26)24(10-5-11-27-2)16-14-6-4-9-22-19(14)29-18(16)17(25)13-7-8-15(21)23-12-13/h3,6-9,18H,4-5,10-17H2,1-2H3;4,6-9,12H,3,5,10-11H2,1-2H3. The Kier molecular flexibility index (Phi) is 15.9. The number of anilines is 2. The average Bonchev–Trinajstić information content (AvgIpc) is 3.91. The van der Waals surface area contributed by atoms with E-state index >= 15 is 0 Å². The number of nitrogens with zero attached hydrogens (tertiary/aromatic N) is 9. The van der Waals surface area contributed by atoms with Gasteiger partial charge in [0.25, 0.3) is 0 Å². The monoisotopic (exact) mass is 893 g/mol. The molecule has 1 amide bonds. The summed E-state index contributed by atoms with van der Waals surface area (Å²) in [6.45, 7) is 9.24. The average molecular weight is 894 g/mol. The van der Waals surface area contributed by atoms with E-state index in [1.807, 2.05) is 24.3 Å². The van der Waals surface area contributed by atoms with Crippen LogP contribution in [0.2, 0.25) is 0 Å². The van der Waals surface area contributed by atoms with Crippen molar-refractivity contribution in [3.8, 4) is 11.3 Å². The number of aryl methyl sites for hydroxylation is 1. The number of carbonyl (C=O) groups excluding carboxylic acids is 2. The Balaban J connectivity index is 0.000000199. The number of hydrogen-bond acceptors (Lipinski definition) is 16. The second-order valence-electron chi connectivity index (χ2n) is 15.0. The van der Waals surface area contributed by atoms with E-state index in [4.69, 9.17) is 32.8 Å². The van der Waals surface area contributed by atoms with Crippen molar-refractivity contribution in [1.29, 1.82) is 0 Å². The van der Waals surface area contributed by atoms with Crippen molar-refractivity contribution in [3.63, 3.8) is 0 Å². The zero-order chi connectivity index (χ0) is 45.7. The number of methoxy groups -OCH3 is 3. The van der Waals surface area contributed by atoms with Crippen LogP contribution in [0.3, 0.4) is 0 Å². The molecule has 342 valence electrons. The van der Waals surface area contributed by atoms with Gasteiger partial charge in [0.1, 0.15) is 22.7 Å². The summed E-state index contributed by atoms with van der Waals surface area (Å²) in [5.41, 5.74) is 3.19.